The maximum atomic E-state index is 13.0. The molecule has 1 N–H and O–H groups in total. The highest BCUT2D eigenvalue weighted by Crippen LogP contribution is 2.32. The van der Waals surface area contributed by atoms with E-state index < -0.39 is 0 Å². The van der Waals surface area contributed by atoms with Gasteiger partial charge >= 0.3 is 5.97 Å². The quantitative estimate of drug-likeness (QED) is 0.348. The molecule has 5 rings (SSSR count). The highest BCUT2D eigenvalue weighted by Gasteiger charge is 2.30. The van der Waals surface area contributed by atoms with Crippen LogP contribution in [0.25, 0.3) is 11.2 Å². The van der Waals surface area contributed by atoms with Crippen molar-refractivity contribution in [3.8, 4) is 0 Å². The van der Waals surface area contributed by atoms with E-state index in [-0.39, 0.29) is 35.5 Å². The van der Waals surface area contributed by atoms with Gasteiger partial charge in [-0.25, -0.2) is 9.97 Å². The number of carbonyl (C=O) groups is 1. The summed E-state index contributed by atoms with van der Waals surface area (Å²) in [7, 11) is 0. The predicted octanol–water partition coefficient (Wildman–Crippen LogP) is 6.24. The van der Waals surface area contributed by atoms with E-state index in [0.29, 0.717) is 11.2 Å². The molecule has 2 aromatic heterocycles. The Morgan fingerprint density at radius 1 is 1.05 bits per heavy atom. The molecule has 2 unspecified atom stereocenters. The predicted molar refractivity (Wildman–Crippen MR) is 145 cm³/mol. The molecule has 0 amide bonds. The summed E-state index contributed by atoms with van der Waals surface area (Å²) in [6.07, 6.45) is 15.0. The van der Waals surface area contributed by atoms with Gasteiger partial charge in [0, 0.05) is 5.92 Å². The minimum absolute atomic E-state index is 0.000395. The summed E-state index contributed by atoms with van der Waals surface area (Å²) >= 11 is 0. The van der Waals surface area contributed by atoms with E-state index in [1.54, 1.807) is 6.33 Å². The van der Waals surface area contributed by atoms with Crippen molar-refractivity contribution >= 4 is 17.1 Å². The van der Waals surface area contributed by atoms with Gasteiger partial charge in [-0.3, -0.25) is 9.59 Å². The van der Waals surface area contributed by atoms with Crippen LogP contribution in [0.3, 0.4) is 0 Å². The van der Waals surface area contributed by atoms with Gasteiger partial charge in [-0.2, -0.15) is 0 Å². The fraction of sp³-hybridized carbons (Fsp3) is 0.600. The lowest BCUT2D eigenvalue weighted by molar-refractivity contribution is -0.156. The number of esters is 1. The van der Waals surface area contributed by atoms with Crippen molar-refractivity contribution in [3.05, 3.63) is 58.4 Å². The first-order valence-electron chi connectivity index (χ1n) is 14.3. The van der Waals surface area contributed by atoms with Crippen LogP contribution in [0.5, 0.6) is 0 Å². The summed E-state index contributed by atoms with van der Waals surface area (Å²) in [5.74, 6) is 0.971. The first-order chi connectivity index (χ1) is 18.1. The molecule has 0 radical (unpaired) electrons. The lowest BCUT2D eigenvalue weighted by atomic mass is 9.89. The largest absolute Gasteiger partial charge is 0.460 e. The number of nitrogens with one attached hydrogen (secondary N) is 1. The van der Waals surface area contributed by atoms with Gasteiger partial charge in [0.25, 0.3) is 5.56 Å². The van der Waals surface area contributed by atoms with Crippen LogP contribution in [0.2, 0.25) is 0 Å². The standard InChI is InChI=1S/C30H40N4O3/c1-21(37-30(36)24-17-9-4-10-18-24)25(19-11-14-22-12-5-2-6-13-22)34-20-31-26-28(34)32-27(33-29(26)35)23-15-7-3-8-16-23/h2,5-6,12-13,20-21,23-25H,3-4,7-11,14-19H2,1H3,(H,32,33,35). The zero-order valence-electron chi connectivity index (χ0n) is 22.0. The third kappa shape index (κ3) is 6.13. The van der Waals surface area contributed by atoms with E-state index in [4.69, 9.17) is 9.72 Å². The van der Waals surface area contributed by atoms with Crippen molar-refractivity contribution in [2.24, 2.45) is 5.92 Å². The minimum Gasteiger partial charge on any atom is -0.460 e. The van der Waals surface area contributed by atoms with Crippen LogP contribution in [0, 0.1) is 5.92 Å². The highest BCUT2D eigenvalue weighted by atomic mass is 16.5. The van der Waals surface area contributed by atoms with Gasteiger partial charge in [0.05, 0.1) is 18.3 Å². The molecule has 1 aromatic carbocycles. The molecule has 0 bridgehead atoms. The van der Waals surface area contributed by atoms with Crippen LogP contribution in [0.1, 0.15) is 107 Å². The number of H-pyrrole nitrogens is 1. The van der Waals surface area contributed by atoms with E-state index in [9.17, 15) is 9.59 Å². The first kappa shape index (κ1) is 25.7. The van der Waals surface area contributed by atoms with Crippen LogP contribution < -0.4 is 5.56 Å². The van der Waals surface area contributed by atoms with E-state index in [0.717, 1.165) is 63.6 Å². The fourth-order valence-electron chi connectivity index (χ4n) is 6.21. The second kappa shape index (κ2) is 12.1. The average Bonchev–Trinajstić information content (AvgIpc) is 3.37. The van der Waals surface area contributed by atoms with Crippen molar-refractivity contribution in [2.45, 2.75) is 108 Å². The third-order valence-electron chi connectivity index (χ3n) is 8.39. The van der Waals surface area contributed by atoms with Gasteiger partial charge in [-0.1, -0.05) is 68.9 Å². The number of hydrogen-bond acceptors (Lipinski definition) is 5. The van der Waals surface area contributed by atoms with Gasteiger partial charge in [0.1, 0.15) is 11.9 Å². The number of aryl methyl sites for hydroxylation is 1. The Balaban J connectivity index is 1.41. The SMILES string of the molecule is CC(OC(=O)C1CCCCC1)C(CCCc1ccccc1)n1cnc2c(=O)[nH]c(C3CCCCC3)nc21. The minimum atomic E-state index is -0.346. The van der Waals surface area contributed by atoms with Gasteiger partial charge in [-0.05, 0) is 57.4 Å². The Morgan fingerprint density at radius 2 is 1.76 bits per heavy atom. The smallest absolute Gasteiger partial charge is 0.309 e. The number of hydrogen-bond donors (Lipinski definition) is 1. The maximum absolute atomic E-state index is 13.0. The van der Waals surface area contributed by atoms with Gasteiger partial charge in [-0.15, -0.1) is 0 Å². The molecule has 2 saturated carbocycles. The van der Waals surface area contributed by atoms with Crippen molar-refractivity contribution in [3.63, 3.8) is 0 Å². The molecule has 7 nitrogen and oxygen atoms in total. The molecule has 0 spiro atoms. The number of aromatic nitrogens is 4. The molecule has 2 heterocycles. The number of aromatic amines is 1. The number of carbonyl (C=O) groups excluding carboxylic acids is 1. The molecule has 7 heteroatoms. The number of imidazole rings is 1. The molecule has 2 atom stereocenters. The first-order valence-corrected chi connectivity index (χ1v) is 14.3. The van der Waals surface area contributed by atoms with Crippen LogP contribution in [0.4, 0.5) is 0 Å². The lowest BCUT2D eigenvalue weighted by Gasteiger charge is -2.28. The monoisotopic (exact) mass is 504 g/mol. The lowest BCUT2D eigenvalue weighted by Crippen LogP contribution is -2.31. The van der Waals surface area contributed by atoms with Crippen LogP contribution >= 0.6 is 0 Å². The van der Waals surface area contributed by atoms with Crippen LogP contribution in [-0.2, 0) is 16.0 Å². The molecule has 2 aliphatic carbocycles. The second-order valence-electron chi connectivity index (χ2n) is 11.0. The molecule has 3 aromatic rings. The van der Waals surface area contributed by atoms with Crippen molar-refractivity contribution in [2.75, 3.05) is 0 Å². The zero-order valence-corrected chi connectivity index (χ0v) is 22.0. The summed E-state index contributed by atoms with van der Waals surface area (Å²) < 4.78 is 8.10. The molecule has 0 aliphatic heterocycles. The molecule has 198 valence electrons. The number of fused-ring (bicyclic) bond motifs is 1. The third-order valence-corrected chi connectivity index (χ3v) is 8.39. The summed E-state index contributed by atoms with van der Waals surface area (Å²) in [5.41, 5.74) is 2.07. The molecule has 37 heavy (non-hydrogen) atoms. The molecular weight excluding hydrogens is 464 g/mol. The van der Waals surface area contributed by atoms with E-state index in [1.807, 2.05) is 17.6 Å². The van der Waals surface area contributed by atoms with E-state index in [1.165, 1.54) is 31.2 Å². The van der Waals surface area contributed by atoms with Crippen molar-refractivity contribution in [1.29, 1.82) is 0 Å². The van der Waals surface area contributed by atoms with Gasteiger partial charge in [0.15, 0.2) is 11.2 Å². The maximum Gasteiger partial charge on any atom is 0.309 e. The van der Waals surface area contributed by atoms with E-state index in [2.05, 4.69) is 34.2 Å². The second-order valence-corrected chi connectivity index (χ2v) is 11.0. The van der Waals surface area contributed by atoms with Crippen LogP contribution in [-0.4, -0.2) is 31.6 Å². The Hall–Kier alpha value is -2.96. The Labute approximate surface area is 219 Å². The summed E-state index contributed by atoms with van der Waals surface area (Å²) in [5, 5.41) is 0. The summed E-state index contributed by atoms with van der Waals surface area (Å²) in [4.78, 5) is 38.4. The van der Waals surface area contributed by atoms with Crippen molar-refractivity contribution in [1.82, 2.24) is 19.5 Å². The molecular formula is C30H40N4O3. The number of rotatable bonds is 9. The van der Waals surface area contributed by atoms with Gasteiger partial charge < -0.3 is 14.3 Å². The average molecular weight is 505 g/mol. The zero-order chi connectivity index (χ0) is 25.6. The van der Waals surface area contributed by atoms with Crippen molar-refractivity contribution < 1.29 is 9.53 Å². The van der Waals surface area contributed by atoms with E-state index >= 15 is 0 Å². The van der Waals surface area contributed by atoms with Gasteiger partial charge in [0.2, 0.25) is 0 Å². The Morgan fingerprint density at radius 3 is 2.49 bits per heavy atom. The normalized spacial score (nSPS) is 19.1. The molecule has 2 aliphatic rings. The fourth-order valence-corrected chi connectivity index (χ4v) is 6.21. The van der Waals surface area contributed by atoms with Crippen LogP contribution in [0.15, 0.2) is 41.5 Å². The summed E-state index contributed by atoms with van der Waals surface area (Å²) in [6.45, 7) is 1.98. The number of nitrogens with zero attached hydrogens (tertiary/aromatic N) is 3. The summed E-state index contributed by atoms with van der Waals surface area (Å²) in [6, 6.07) is 10.3. The molecule has 2 fully saturated rings. The molecule has 0 saturated heterocycles. The Kier molecular flexibility index (Phi) is 8.37. The Bertz CT molecular complexity index is 1220. The number of benzene rings is 1. The topological polar surface area (TPSA) is 89.9 Å². The highest BCUT2D eigenvalue weighted by molar-refractivity contribution is 5.73. The number of ether oxygens (including phenoxy) is 1.